The molecule has 7 heteroatoms. The van der Waals surface area contributed by atoms with Gasteiger partial charge in [0, 0.05) is 11.8 Å². The summed E-state index contributed by atoms with van der Waals surface area (Å²) < 4.78 is 13.8. The van der Waals surface area contributed by atoms with Gasteiger partial charge in [0.25, 0.3) is 0 Å². The predicted molar refractivity (Wildman–Crippen MR) is 83.6 cm³/mol. The zero-order valence-electron chi connectivity index (χ0n) is 11.8. The lowest BCUT2D eigenvalue weighted by Crippen LogP contribution is -2.14. The number of hydrogen-bond acceptors (Lipinski definition) is 4. The molecule has 0 radical (unpaired) electrons. The fraction of sp³-hybridized carbons (Fsp3) is 0.267. The summed E-state index contributed by atoms with van der Waals surface area (Å²) in [5.41, 5.74) is 2.67. The van der Waals surface area contributed by atoms with Crippen molar-refractivity contribution in [2.24, 2.45) is 5.92 Å². The molecule has 22 heavy (non-hydrogen) atoms. The number of nitrogens with one attached hydrogen (secondary N) is 2. The first-order chi connectivity index (χ1) is 10.6. The molecular formula is C15H13FN4OS. The number of rotatable bonds is 3. The average Bonchev–Trinajstić information content (AvgIpc) is 2.90. The molecule has 1 aliphatic rings. The Hall–Kier alpha value is -2.28. The molecular weight excluding hydrogens is 303 g/mol. The average molecular weight is 316 g/mol. The molecule has 2 heterocycles. The van der Waals surface area contributed by atoms with E-state index in [2.05, 4.69) is 20.3 Å². The molecule has 1 saturated carbocycles. The molecule has 0 saturated heterocycles. The number of H-pyrrole nitrogens is 1. The zero-order chi connectivity index (χ0) is 15.3. The third-order valence-corrected chi connectivity index (χ3v) is 4.60. The number of fused-ring (bicyclic) bond motifs is 1. The zero-order valence-corrected chi connectivity index (χ0v) is 12.6. The number of imidazole rings is 1. The van der Waals surface area contributed by atoms with Crippen molar-refractivity contribution < 1.29 is 9.18 Å². The fourth-order valence-electron chi connectivity index (χ4n) is 2.34. The number of carbonyl (C=O) groups excluding carboxylic acids is 1. The SMILES string of the molecule is Cc1nc(-c2ccc3nc(NC(=O)C4CC4F)sc3c2)c[nH]1. The monoisotopic (exact) mass is 316 g/mol. The maximum absolute atomic E-state index is 12.9. The van der Waals surface area contributed by atoms with E-state index >= 15 is 0 Å². The van der Waals surface area contributed by atoms with Crippen LogP contribution in [0.5, 0.6) is 0 Å². The smallest absolute Gasteiger partial charge is 0.232 e. The Morgan fingerprint density at radius 1 is 1.45 bits per heavy atom. The number of anilines is 1. The quantitative estimate of drug-likeness (QED) is 0.779. The second-order valence-electron chi connectivity index (χ2n) is 5.42. The highest BCUT2D eigenvalue weighted by molar-refractivity contribution is 7.22. The number of nitrogens with zero attached hydrogens (tertiary/aromatic N) is 2. The van der Waals surface area contributed by atoms with E-state index in [1.165, 1.54) is 11.3 Å². The minimum atomic E-state index is -0.996. The maximum Gasteiger partial charge on any atom is 0.232 e. The molecule has 112 valence electrons. The van der Waals surface area contributed by atoms with Gasteiger partial charge in [0.1, 0.15) is 12.0 Å². The van der Waals surface area contributed by atoms with Crippen LogP contribution in [0.15, 0.2) is 24.4 Å². The van der Waals surface area contributed by atoms with Crippen LogP contribution in [-0.2, 0) is 4.79 Å². The Morgan fingerprint density at radius 3 is 2.95 bits per heavy atom. The van der Waals surface area contributed by atoms with Crippen LogP contribution in [0.3, 0.4) is 0 Å². The molecule has 1 aromatic carbocycles. The van der Waals surface area contributed by atoms with Crippen molar-refractivity contribution in [1.82, 2.24) is 15.0 Å². The highest BCUT2D eigenvalue weighted by Gasteiger charge is 2.43. The summed E-state index contributed by atoms with van der Waals surface area (Å²) in [6.45, 7) is 1.90. The highest BCUT2D eigenvalue weighted by Crippen LogP contribution is 2.36. The largest absolute Gasteiger partial charge is 0.348 e. The standard InChI is InChI=1S/C15H13FN4OS/c1-7-17-6-12(18-7)8-2-3-11-13(4-8)22-15(19-11)20-14(21)9-5-10(9)16/h2-4,6,9-10H,5H2,1H3,(H,17,18)(H,19,20,21). The summed E-state index contributed by atoms with van der Waals surface area (Å²) in [6.07, 6.45) is 1.18. The second-order valence-corrected chi connectivity index (χ2v) is 6.45. The molecule has 2 atom stereocenters. The topological polar surface area (TPSA) is 70.7 Å². The molecule has 1 aliphatic carbocycles. The molecule has 2 N–H and O–H groups in total. The molecule has 1 fully saturated rings. The van der Waals surface area contributed by atoms with Crippen molar-refractivity contribution >= 4 is 32.6 Å². The first-order valence-corrected chi connectivity index (χ1v) is 7.80. The van der Waals surface area contributed by atoms with Gasteiger partial charge >= 0.3 is 0 Å². The van der Waals surface area contributed by atoms with Gasteiger partial charge in [-0.2, -0.15) is 0 Å². The van der Waals surface area contributed by atoms with E-state index in [1.54, 1.807) is 0 Å². The van der Waals surface area contributed by atoms with Gasteiger partial charge in [0.2, 0.25) is 5.91 Å². The van der Waals surface area contributed by atoms with Gasteiger partial charge in [-0.3, -0.25) is 4.79 Å². The van der Waals surface area contributed by atoms with Crippen LogP contribution in [0.4, 0.5) is 9.52 Å². The fourth-order valence-corrected chi connectivity index (χ4v) is 3.24. The third-order valence-electron chi connectivity index (χ3n) is 3.67. The normalized spacial score (nSPS) is 20.3. The van der Waals surface area contributed by atoms with E-state index in [0.717, 1.165) is 27.3 Å². The number of aromatic amines is 1. The van der Waals surface area contributed by atoms with E-state index < -0.39 is 12.1 Å². The van der Waals surface area contributed by atoms with Gasteiger partial charge in [-0.25, -0.2) is 14.4 Å². The number of alkyl halides is 1. The second kappa shape index (κ2) is 4.88. The summed E-state index contributed by atoms with van der Waals surface area (Å²) in [4.78, 5) is 23.6. The van der Waals surface area contributed by atoms with Gasteiger partial charge in [-0.05, 0) is 25.5 Å². The Balaban J connectivity index is 1.62. The Kier molecular flexibility index (Phi) is 2.97. The predicted octanol–water partition coefficient (Wildman–Crippen LogP) is 3.29. The number of thiazole rings is 1. The summed E-state index contributed by atoms with van der Waals surface area (Å²) in [5, 5.41) is 3.20. The minimum Gasteiger partial charge on any atom is -0.348 e. The van der Waals surface area contributed by atoms with Gasteiger partial charge in [0.05, 0.1) is 21.8 Å². The van der Waals surface area contributed by atoms with Gasteiger partial charge < -0.3 is 10.3 Å². The Labute approximate surface area is 129 Å². The number of benzene rings is 1. The van der Waals surface area contributed by atoms with E-state index in [4.69, 9.17) is 0 Å². The summed E-state index contributed by atoms with van der Waals surface area (Å²) in [5.74, 6) is 0.0712. The summed E-state index contributed by atoms with van der Waals surface area (Å²) in [6, 6.07) is 5.84. The Morgan fingerprint density at radius 2 is 2.27 bits per heavy atom. The lowest BCUT2D eigenvalue weighted by atomic mass is 10.1. The van der Waals surface area contributed by atoms with Crippen molar-refractivity contribution in [2.45, 2.75) is 19.5 Å². The lowest BCUT2D eigenvalue weighted by molar-refractivity contribution is -0.117. The van der Waals surface area contributed by atoms with Crippen molar-refractivity contribution in [2.75, 3.05) is 5.32 Å². The Bertz CT molecular complexity index is 871. The summed E-state index contributed by atoms with van der Waals surface area (Å²) >= 11 is 1.38. The highest BCUT2D eigenvalue weighted by atomic mass is 32.1. The first kappa shape index (κ1) is 13.4. The lowest BCUT2D eigenvalue weighted by Gasteiger charge is -1.97. The number of hydrogen-bond donors (Lipinski definition) is 2. The number of halogens is 1. The molecule has 0 bridgehead atoms. The molecule has 3 aromatic rings. The van der Waals surface area contributed by atoms with Crippen LogP contribution in [-0.4, -0.2) is 27.0 Å². The molecule has 2 unspecified atom stereocenters. The molecule has 0 spiro atoms. The van der Waals surface area contributed by atoms with E-state index in [-0.39, 0.29) is 5.91 Å². The van der Waals surface area contributed by atoms with Crippen LogP contribution >= 0.6 is 11.3 Å². The van der Waals surface area contributed by atoms with Crippen LogP contribution in [0.1, 0.15) is 12.2 Å². The number of aryl methyl sites for hydroxylation is 1. The summed E-state index contributed by atoms with van der Waals surface area (Å²) in [7, 11) is 0. The molecule has 4 rings (SSSR count). The van der Waals surface area contributed by atoms with Crippen molar-refractivity contribution in [3.8, 4) is 11.3 Å². The molecule has 1 amide bonds. The molecule has 0 aliphatic heterocycles. The van der Waals surface area contributed by atoms with Gasteiger partial charge in [-0.15, -0.1) is 0 Å². The van der Waals surface area contributed by atoms with E-state index in [0.29, 0.717) is 11.6 Å². The van der Waals surface area contributed by atoms with Crippen LogP contribution in [0.25, 0.3) is 21.5 Å². The maximum atomic E-state index is 12.9. The van der Waals surface area contributed by atoms with Crippen LogP contribution in [0.2, 0.25) is 0 Å². The van der Waals surface area contributed by atoms with Crippen LogP contribution in [0, 0.1) is 12.8 Å². The van der Waals surface area contributed by atoms with E-state index in [1.807, 2.05) is 31.3 Å². The number of amides is 1. The van der Waals surface area contributed by atoms with Crippen molar-refractivity contribution in [3.05, 3.63) is 30.2 Å². The number of aromatic nitrogens is 3. The van der Waals surface area contributed by atoms with Gasteiger partial charge in [-0.1, -0.05) is 17.4 Å². The minimum absolute atomic E-state index is 0.283. The van der Waals surface area contributed by atoms with Crippen molar-refractivity contribution in [3.63, 3.8) is 0 Å². The molecule has 5 nitrogen and oxygen atoms in total. The number of carbonyl (C=O) groups is 1. The van der Waals surface area contributed by atoms with E-state index in [9.17, 15) is 9.18 Å². The van der Waals surface area contributed by atoms with Gasteiger partial charge in [0.15, 0.2) is 5.13 Å². The van der Waals surface area contributed by atoms with Crippen molar-refractivity contribution in [1.29, 1.82) is 0 Å². The molecule has 2 aromatic heterocycles. The van der Waals surface area contributed by atoms with Crippen LogP contribution < -0.4 is 5.32 Å². The third kappa shape index (κ3) is 2.37. The first-order valence-electron chi connectivity index (χ1n) is 6.98.